The number of benzene rings is 1. The van der Waals surface area contributed by atoms with Crippen molar-refractivity contribution in [2.24, 2.45) is 0 Å². The van der Waals surface area contributed by atoms with E-state index in [0.29, 0.717) is 19.1 Å². The number of carbonyl (C=O) groups is 1. The van der Waals surface area contributed by atoms with Crippen LogP contribution in [0.3, 0.4) is 0 Å². The maximum Gasteiger partial charge on any atom is 0.305 e. The van der Waals surface area contributed by atoms with Gasteiger partial charge in [-0.05, 0) is 31.9 Å². The predicted molar refractivity (Wildman–Crippen MR) is 125 cm³/mol. The van der Waals surface area contributed by atoms with E-state index in [1.165, 1.54) is 0 Å². The lowest BCUT2D eigenvalue weighted by Crippen LogP contribution is -2.45. The van der Waals surface area contributed by atoms with Gasteiger partial charge in [0, 0.05) is 41.4 Å². The average Bonchev–Trinajstić information content (AvgIpc) is 3.25. The largest absolute Gasteiger partial charge is 0.464 e. The standard InChI is InChI=1S/C23H33BClN3O2/c1-2-3-4-11-23(29)30-17-20(13-24)27-12-7-8-19(16-27)28-15-18(14-26-28)21-9-5-6-10-22(21)25/h5-6,9-10,14-15,19-20H,2-4,7-8,11-13,16-17,24H2,1H3. The number of esters is 1. The van der Waals surface area contributed by atoms with Crippen molar-refractivity contribution in [1.82, 2.24) is 14.7 Å². The van der Waals surface area contributed by atoms with E-state index in [2.05, 4.69) is 35.6 Å². The molecule has 0 radical (unpaired) electrons. The van der Waals surface area contributed by atoms with Gasteiger partial charge in [-0.25, -0.2) is 0 Å². The molecular formula is C23H33BClN3O2. The molecule has 0 saturated carbocycles. The molecule has 3 rings (SSSR count). The van der Waals surface area contributed by atoms with Crippen molar-refractivity contribution in [2.45, 2.75) is 63.9 Å². The fourth-order valence-electron chi connectivity index (χ4n) is 4.17. The predicted octanol–water partition coefficient (Wildman–Crippen LogP) is 4.38. The number of ether oxygens (including phenoxy) is 1. The van der Waals surface area contributed by atoms with Crippen LogP contribution < -0.4 is 0 Å². The molecule has 2 aromatic rings. The topological polar surface area (TPSA) is 47.4 Å². The van der Waals surface area contributed by atoms with Crippen LogP contribution in [0.25, 0.3) is 11.1 Å². The van der Waals surface area contributed by atoms with E-state index in [9.17, 15) is 4.79 Å². The Labute approximate surface area is 186 Å². The first-order valence-electron chi connectivity index (χ1n) is 11.3. The SMILES string of the molecule is BCC(COC(=O)CCCCC)N1CCCC(n2cc(-c3ccccc3Cl)cn2)C1. The lowest BCUT2D eigenvalue weighted by atomic mass is 9.94. The number of aromatic nitrogens is 2. The Balaban J connectivity index is 1.58. The number of carbonyl (C=O) groups excluding carboxylic acids is 1. The second kappa shape index (κ2) is 11.6. The number of hydrogen-bond donors (Lipinski definition) is 0. The Bertz CT molecular complexity index is 813. The number of unbranched alkanes of at least 4 members (excludes halogenated alkanes) is 2. The number of halogens is 1. The third-order valence-corrected chi connectivity index (χ3v) is 6.33. The van der Waals surface area contributed by atoms with Crippen molar-refractivity contribution in [3.8, 4) is 11.1 Å². The number of rotatable bonds is 10. The molecule has 0 aliphatic carbocycles. The Kier molecular flexibility index (Phi) is 8.82. The molecule has 1 aromatic heterocycles. The first-order chi connectivity index (χ1) is 14.6. The highest BCUT2D eigenvalue weighted by Crippen LogP contribution is 2.29. The normalized spacial score (nSPS) is 18.3. The third-order valence-electron chi connectivity index (χ3n) is 6.00. The van der Waals surface area contributed by atoms with Crippen LogP contribution in [-0.2, 0) is 9.53 Å². The van der Waals surface area contributed by atoms with Crippen LogP contribution in [0.15, 0.2) is 36.7 Å². The molecule has 0 spiro atoms. The van der Waals surface area contributed by atoms with Crippen LogP contribution in [0.4, 0.5) is 0 Å². The van der Waals surface area contributed by atoms with Crippen LogP contribution in [0.1, 0.15) is 51.5 Å². The van der Waals surface area contributed by atoms with Gasteiger partial charge >= 0.3 is 5.97 Å². The van der Waals surface area contributed by atoms with Crippen LogP contribution in [0, 0.1) is 0 Å². The summed E-state index contributed by atoms with van der Waals surface area (Å²) in [5.41, 5.74) is 2.06. The van der Waals surface area contributed by atoms with Gasteiger partial charge in [0.15, 0.2) is 0 Å². The zero-order valence-corrected chi connectivity index (χ0v) is 19.0. The van der Waals surface area contributed by atoms with Gasteiger partial charge in [0.2, 0.25) is 0 Å². The van der Waals surface area contributed by atoms with E-state index >= 15 is 0 Å². The molecule has 0 N–H and O–H groups in total. The minimum atomic E-state index is -0.0630. The van der Waals surface area contributed by atoms with E-state index in [0.717, 1.165) is 67.7 Å². The fraction of sp³-hybridized carbons (Fsp3) is 0.565. The van der Waals surface area contributed by atoms with E-state index in [1.807, 2.05) is 30.5 Å². The first kappa shape index (κ1) is 22.9. The number of nitrogens with zero attached hydrogens (tertiary/aromatic N) is 3. The Morgan fingerprint density at radius 3 is 2.97 bits per heavy atom. The van der Waals surface area contributed by atoms with Crippen molar-refractivity contribution < 1.29 is 9.53 Å². The molecule has 1 saturated heterocycles. The van der Waals surface area contributed by atoms with Crippen molar-refractivity contribution in [3.05, 3.63) is 41.7 Å². The highest BCUT2D eigenvalue weighted by molar-refractivity contribution is 6.33. The van der Waals surface area contributed by atoms with Gasteiger partial charge in [-0.15, -0.1) is 0 Å². The summed E-state index contributed by atoms with van der Waals surface area (Å²) in [5, 5.41) is 5.38. The van der Waals surface area contributed by atoms with Gasteiger partial charge in [0.1, 0.15) is 14.5 Å². The van der Waals surface area contributed by atoms with E-state index < -0.39 is 0 Å². The van der Waals surface area contributed by atoms with Gasteiger partial charge in [0.25, 0.3) is 0 Å². The third kappa shape index (κ3) is 6.11. The summed E-state index contributed by atoms with van der Waals surface area (Å²) < 4.78 is 7.67. The Morgan fingerprint density at radius 2 is 2.20 bits per heavy atom. The highest BCUT2D eigenvalue weighted by atomic mass is 35.5. The summed E-state index contributed by atoms with van der Waals surface area (Å²) in [7, 11) is 2.17. The van der Waals surface area contributed by atoms with Gasteiger partial charge < -0.3 is 4.74 Å². The summed E-state index contributed by atoms with van der Waals surface area (Å²) in [4.78, 5) is 14.5. The van der Waals surface area contributed by atoms with Crippen LogP contribution in [0.5, 0.6) is 0 Å². The maximum atomic E-state index is 12.0. The molecule has 2 atom stereocenters. The summed E-state index contributed by atoms with van der Waals surface area (Å²) in [6.45, 7) is 4.59. The second-order valence-electron chi connectivity index (χ2n) is 8.18. The summed E-state index contributed by atoms with van der Waals surface area (Å²) in [6.07, 6.45) is 10.8. The molecule has 162 valence electrons. The number of hydrogen-bond acceptors (Lipinski definition) is 4. The van der Waals surface area contributed by atoms with Crippen molar-refractivity contribution >= 4 is 25.4 Å². The monoisotopic (exact) mass is 429 g/mol. The van der Waals surface area contributed by atoms with Crippen LogP contribution in [0.2, 0.25) is 11.3 Å². The molecule has 0 amide bonds. The van der Waals surface area contributed by atoms with Crippen molar-refractivity contribution in [3.63, 3.8) is 0 Å². The molecule has 0 bridgehead atoms. The fourth-order valence-corrected chi connectivity index (χ4v) is 4.41. The molecular weight excluding hydrogens is 397 g/mol. The highest BCUT2D eigenvalue weighted by Gasteiger charge is 2.27. The van der Waals surface area contributed by atoms with E-state index in [1.54, 1.807) is 0 Å². The Hall–Kier alpha value is -1.79. The van der Waals surface area contributed by atoms with Crippen LogP contribution >= 0.6 is 11.6 Å². The zero-order valence-electron chi connectivity index (χ0n) is 18.2. The zero-order chi connectivity index (χ0) is 21.3. The summed E-state index contributed by atoms with van der Waals surface area (Å²) in [5.74, 6) is -0.0630. The van der Waals surface area contributed by atoms with E-state index in [-0.39, 0.29) is 12.0 Å². The molecule has 30 heavy (non-hydrogen) atoms. The first-order valence-corrected chi connectivity index (χ1v) is 11.7. The second-order valence-corrected chi connectivity index (χ2v) is 8.59. The average molecular weight is 430 g/mol. The molecule has 1 fully saturated rings. The van der Waals surface area contributed by atoms with Crippen molar-refractivity contribution in [2.75, 3.05) is 19.7 Å². The van der Waals surface area contributed by atoms with Gasteiger partial charge in [-0.1, -0.05) is 55.9 Å². The molecule has 2 heterocycles. The van der Waals surface area contributed by atoms with E-state index in [4.69, 9.17) is 16.3 Å². The molecule has 5 nitrogen and oxygen atoms in total. The molecule has 1 aliphatic heterocycles. The summed E-state index contributed by atoms with van der Waals surface area (Å²) >= 11 is 6.35. The molecule has 1 aromatic carbocycles. The van der Waals surface area contributed by atoms with Gasteiger partial charge in [0.05, 0.1) is 12.2 Å². The lowest BCUT2D eigenvalue weighted by molar-refractivity contribution is -0.145. The molecule has 2 unspecified atom stereocenters. The molecule has 1 aliphatic rings. The maximum absolute atomic E-state index is 12.0. The smallest absolute Gasteiger partial charge is 0.305 e. The quantitative estimate of drug-likeness (QED) is 0.319. The van der Waals surface area contributed by atoms with Gasteiger partial charge in [-0.3, -0.25) is 14.4 Å². The summed E-state index contributed by atoms with van der Waals surface area (Å²) in [6, 6.07) is 8.46. The number of likely N-dealkylation sites (tertiary alicyclic amines) is 1. The van der Waals surface area contributed by atoms with Crippen molar-refractivity contribution in [1.29, 1.82) is 0 Å². The minimum Gasteiger partial charge on any atom is -0.464 e. The van der Waals surface area contributed by atoms with Gasteiger partial charge in [-0.2, -0.15) is 5.10 Å². The van der Waals surface area contributed by atoms with Crippen LogP contribution in [-0.4, -0.2) is 54.2 Å². The lowest BCUT2D eigenvalue weighted by Gasteiger charge is -2.37. The number of piperidine rings is 1. The Morgan fingerprint density at radius 1 is 1.37 bits per heavy atom. The minimum absolute atomic E-state index is 0.0630. The molecule has 7 heteroatoms.